The van der Waals surface area contributed by atoms with Crippen LogP contribution in [-0.2, 0) is 36.6 Å². The second-order valence-corrected chi connectivity index (χ2v) is 13.6. The van der Waals surface area contributed by atoms with Crippen LogP contribution in [-0.4, -0.2) is 100 Å². The molecule has 2 fully saturated rings. The third kappa shape index (κ3) is 12.2. The number of hydrogen-bond donors (Lipinski definition) is 6. The number of ether oxygens (including phenoxy) is 3. The minimum absolute atomic E-state index is 0.207. The largest absolute Gasteiger partial charge is 0.391 e. The number of hydrogen-bond acceptors (Lipinski definition) is 9. The van der Waals surface area contributed by atoms with Gasteiger partial charge in [0.15, 0.2) is 29.6 Å². The Bertz CT molecular complexity index is 1450. The molecule has 4 unspecified atom stereocenters. The number of fused-ring (bicyclic) bond motifs is 1. The monoisotopic (exact) mass is 742 g/mol. The molecule has 0 aromatic heterocycles. The zero-order valence-electron chi connectivity index (χ0n) is 29.2. The van der Waals surface area contributed by atoms with Crippen LogP contribution in [0.2, 0.25) is 0 Å². The van der Waals surface area contributed by atoms with Gasteiger partial charge in [0.25, 0.3) is 0 Å². The Hall–Kier alpha value is -3.18. The summed E-state index contributed by atoms with van der Waals surface area (Å²) in [7, 11) is 0. The fraction of sp³-hybridized carbons (Fsp3) is 0.622. The second-order valence-electron chi connectivity index (χ2n) is 13.6. The number of halogens is 4. The van der Waals surface area contributed by atoms with E-state index in [2.05, 4.69) is 10.6 Å². The molecule has 2 aromatic rings. The Kier molecular flexibility index (Phi) is 16.2. The highest BCUT2D eigenvalue weighted by Gasteiger charge is 2.56. The maximum absolute atomic E-state index is 13.5. The highest BCUT2D eigenvalue weighted by atomic mass is 19.2. The van der Waals surface area contributed by atoms with E-state index in [4.69, 9.17) is 14.2 Å². The van der Waals surface area contributed by atoms with E-state index in [-0.39, 0.29) is 37.5 Å². The molecule has 0 radical (unpaired) electrons. The zero-order chi connectivity index (χ0) is 37.8. The van der Waals surface area contributed by atoms with Gasteiger partial charge in [0.2, 0.25) is 11.8 Å². The molecule has 2 heterocycles. The van der Waals surface area contributed by atoms with Gasteiger partial charge in [-0.05, 0) is 61.6 Å². The fourth-order valence-corrected chi connectivity index (χ4v) is 6.31. The lowest BCUT2D eigenvalue weighted by Crippen LogP contribution is -2.71. The number of aryl methyl sites for hydroxylation is 1. The summed E-state index contributed by atoms with van der Waals surface area (Å²) in [4.78, 5) is 25.1. The van der Waals surface area contributed by atoms with Gasteiger partial charge in [0, 0.05) is 13.0 Å². The molecular formula is C37H50F4N2O9. The van der Waals surface area contributed by atoms with E-state index in [0.29, 0.717) is 12.8 Å². The Morgan fingerprint density at radius 2 is 1.37 bits per heavy atom. The highest BCUT2D eigenvalue weighted by Crippen LogP contribution is 2.36. The summed E-state index contributed by atoms with van der Waals surface area (Å²) in [6, 6.07) is 6.09. The molecule has 2 saturated heterocycles. The lowest BCUT2D eigenvalue weighted by molar-refractivity contribution is -0.392. The van der Waals surface area contributed by atoms with Crippen LogP contribution in [0.15, 0.2) is 36.4 Å². The molecule has 9 atom stereocenters. The van der Waals surface area contributed by atoms with Crippen LogP contribution in [0.1, 0.15) is 75.8 Å². The zero-order valence-corrected chi connectivity index (χ0v) is 29.2. The van der Waals surface area contributed by atoms with Crippen LogP contribution in [0.25, 0.3) is 0 Å². The fourth-order valence-electron chi connectivity index (χ4n) is 6.31. The number of rotatable bonds is 21. The van der Waals surface area contributed by atoms with Gasteiger partial charge >= 0.3 is 0 Å². The molecule has 0 bridgehead atoms. The van der Waals surface area contributed by atoms with Crippen molar-refractivity contribution in [1.82, 2.24) is 10.6 Å². The third-order valence-corrected chi connectivity index (χ3v) is 9.43. The average molecular weight is 743 g/mol. The molecule has 0 aliphatic carbocycles. The van der Waals surface area contributed by atoms with E-state index in [1.807, 2.05) is 0 Å². The van der Waals surface area contributed by atoms with Crippen molar-refractivity contribution in [3.05, 3.63) is 70.8 Å². The quantitative estimate of drug-likeness (QED) is 0.0833. The number of carbonyl (C=O) groups excluding carboxylic acids is 2. The van der Waals surface area contributed by atoms with Crippen molar-refractivity contribution >= 4 is 11.8 Å². The van der Waals surface area contributed by atoms with Gasteiger partial charge < -0.3 is 45.3 Å². The molecule has 2 amide bonds. The van der Waals surface area contributed by atoms with Crippen molar-refractivity contribution in [2.45, 2.75) is 133 Å². The number of amides is 2. The number of nitrogens with one attached hydrogen (secondary N) is 2. The van der Waals surface area contributed by atoms with Crippen molar-refractivity contribution in [2.75, 3.05) is 13.2 Å². The topological polar surface area (TPSA) is 167 Å². The summed E-state index contributed by atoms with van der Waals surface area (Å²) in [5.41, 5.74) is 1.02. The maximum Gasteiger partial charge on any atom is 0.224 e. The summed E-state index contributed by atoms with van der Waals surface area (Å²) < 4.78 is 70.2. The van der Waals surface area contributed by atoms with E-state index < -0.39 is 84.2 Å². The minimum atomic E-state index is -1.41. The smallest absolute Gasteiger partial charge is 0.224 e. The Morgan fingerprint density at radius 1 is 0.769 bits per heavy atom. The van der Waals surface area contributed by atoms with Crippen molar-refractivity contribution < 1.29 is 61.8 Å². The van der Waals surface area contributed by atoms with Crippen LogP contribution >= 0.6 is 0 Å². The van der Waals surface area contributed by atoms with E-state index in [9.17, 15) is 47.6 Å². The van der Waals surface area contributed by atoms with Gasteiger partial charge in [0.05, 0.1) is 25.2 Å². The Labute approximate surface area is 300 Å². The first-order chi connectivity index (χ1) is 24.8. The van der Waals surface area contributed by atoms with E-state index in [1.54, 1.807) is 6.07 Å². The first kappa shape index (κ1) is 41.6. The first-order valence-corrected chi connectivity index (χ1v) is 17.9. The molecule has 15 heteroatoms. The van der Waals surface area contributed by atoms with E-state index in [0.717, 1.165) is 68.7 Å². The molecule has 2 aliphatic rings. The van der Waals surface area contributed by atoms with E-state index >= 15 is 0 Å². The van der Waals surface area contributed by atoms with Gasteiger partial charge in [-0.2, -0.15) is 0 Å². The SMILES string of the molecule is C[C@@H](O)[C@@H](O)[C@H](COC1OC2C(O)[C@@H](O)C(CNC(=O)Cc3ccc(F)c(F)c3)O[C@H]12)NC(=O)CCCCCCCCCCc1ccc(F)c(F)c1. The molecule has 2 aromatic carbocycles. The third-order valence-electron chi connectivity index (χ3n) is 9.43. The van der Waals surface area contributed by atoms with E-state index in [1.165, 1.54) is 19.1 Å². The maximum atomic E-state index is 13.5. The predicted molar refractivity (Wildman–Crippen MR) is 180 cm³/mol. The van der Waals surface area contributed by atoms with Crippen molar-refractivity contribution in [2.24, 2.45) is 0 Å². The normalized spacial score (nSPS) is 24.3. The van der Waals surface area contributed by atoms with Gasteiger partial charge in [-0.25, -0.2) is 17.6 Å². The minimum Gasteiger partial charge on any atom is -0.391 e. The number of aliphatic hydroxyl groups is 4. The highest BCUT2D eigenvalue weighted by molar-refractivity contribution is 5.78. The molecule has 2 aliphatic heterocycles. The van der Waals surface area contributed by atoms with Crippen LogP contribution in [0, 0.1) is 23.3 Å². The van der Waals surface area contributed by atoms with Gasteiger partial charge in [-0.3, -0.25) is 9.59 Å². The van der Waals surface area contributed by atoms with Gasteiger partial charge in [0.1, 0.15) is 36.6 Å². The molecule has 52 heavy (non-hydrogen) atoms. The lowest BCUT2D eigenvalue weighted by atomic mass is 9.90. The molecular weight excluding hydrogens is 692 g/mol. The summed E-state index contributed by atoms with van der Waals surface area (Å²) >= 11 is 0. The second kappa shape index (κ2) is 20.3. The van der Waals surface area contributed by atoms with Crippen molar-refractivity contribution in [3.8, 4) is 0 Å². The molecule has 4 rings (SSSR count). The Balaban J connectivity index is 1.12. The number of aliphatic hydroxyl groups excluding tert-OH is 4. The van der Waals surface area contributed by atoms with Crippen LogP contribution in [0.5, 0.6) is 0 Å². The molecule has 0 saturated carbocycles. The molecule has 11 nitrogen and oxygen atoms in total. The average Bonchev–Trinajstić information content (AvgIpc) is 3.09. The van der Waals surface area contributed by atoms with Crippen molar-refractivity contribution in [1.29, 1.82) is 0 Å². The molecule has 290 valence electrons. The number of unbranched alkanes of at least 4 members (excludes halogenated alkanes) is 7. The molecule has 0 spiro atoms. The van der Waals surface area contributed by atoms with Gasteiger partial charge in [-0.1, -0.05) is 50.7 Å². The summed E-state index contributed by atoms with van der Waals surface area (Å²) in [6.45, 7) is 0.896. The standard InChI is InChI=1S/C37H50F4N2O9/c1-21(44)32(47)28(43-30(45)11-9-7-5-3-2-4-6-8-10-22-12-14-24(38)26(40)16-22)20-50-37-36-35(52-37)34(49)33(48)29(51-36)19-42-31(46)18-23-13-15-25(39)27(41)17-23/h12-17,21,28-29,32-37,44,47-49H,2-11,18-20H2,1H3,(H,42,46)(H,43,45)/t21-,28+,29?,32-,33+,34?,35?,36+,37?/m1/s1. The van der Waals surface area contributed by atoms with Gasteiger partial charge in [-0.15, -0.1) is 0 Å². The van der Waals surface area contributed by atoms with Crippen LogP contribution in [0.3, 0.4) is 0 Å². The number of benzene rings is 2. The molecule has 6 N–H and O–H groups in total. The van der Waals surface area contributed by atoms with Crippen LogP contribution in [0.4, 0.5) is 17.6 Å². The summed E-state index contributed by atoms with van der Waals surface area (Å²) in [6.07, 6.45) is -1.22. The predicted octanol–water partition coefficient (Wildman–Crippen LogP) is 3.11. The summed E-state index contributed by atoms with van der Waals surface area (Å²) in [5.74, 6) is -4.67. The lowest BCUT2D eigenvalue weighted by Gasteiger charge is -2.52. The number of carbonyl (C=O) groups is 2. The van der Waals surface area contributed by atoms with Crippen molar-refractivity contribution in [3.63, 3.8) is 0 Å². The summed E-state index contributed by atoms with van der Waals surface area (Å²) in [5, 5.41) is 46.9. The first-order valence-electron chi connectivity index (χ1n) is 17.9. The Morgan fingerprint density at radius 3 is 2.00 bits per heavy atom. The van der Waals surface area contributed by atoms with Crippen LogP contribution < -0.4 is 10.6 Å².